The molecule has 5 nitrogen and oxygen atoms in total. The number of sulfonamides is 1. The number of hydrogen-bond acceptors (Lipinski definition) is 4. The molecule has 0 amide bonds. The number of oxazole rings is 1. The molecule has 74 valence electrons. The summed E-state index contributed by atoms with van der Waals surface area (Å²) in [6.45, 7) is 1.70. The van der Waals surface area contributed by atoms with E-state index in [0.29, 0.717) is 5.69 Å². The fourth-order valence-electron chi connectivity index (χ4n) is 0.686. The number of hydrogen-bond donors (Lipinski definition) is 1. The van der Waals surface area contributed by atoms with Crippen LogP contribution in [-0.2, 0) is 10.0 Å². The van der Waals surface area contributed by atoms with Crippen LogP contribution in [0.3, 0.4) is 0 Å². The van der Waals surface area contributed by atoms with Crippen LogP contribution in [0.25, 0.3) is 0 Å². The highest BCUT2D eigenvalue weighted by Crippen LogP contribution is 2.08. The summed E-state index contributed by atoms with van der Waals surface area (Å²) in [7, 11) is -3.41. The zero-order chi connectivity index (χ0) is 9.90. The van der Waals surface area contributed by atoms with Gasteiger partial charge in [0.05, 0.1) is 11.4 Å². The second kappa shape index (κ2) is 3.97. The Kier molecular flexibility index (Phi) is 3.16. The third kappa shape index (κ3) is 3.23. The molecule has 0 saturated carbocycles. The van der Waals surface area contributed by atoms with E-state index in [0.717, 1.165) is 0 Å². The van der Waals surface area contributed by atoms with E-state index in [-0.39, 0.29) is 17.6 Å². The summed E-state index contributed by atoms with van der Waals surface area (Å²) in [6, 6.07) is -0.0254. The van der Waals surface area contributed by atoms with E-state index >= 15 is 0 Å². The lowest BCUT2D eigenvalue weighted by Gasteiger charge is -2.00. The lowest BCUT2D eigenvalue weighted by Crippen LogP contribution is -2.17. The molecule has 1 N–H and O–H groups in total. The molecule has 0 bridgehead atoms. The van der Waals surface area contributed by atoms with Crippen LogP contribution in [0.4, 0.5) is 6.01 Å². The van der Waals surface area contributed by atoms with E-state index in [2.05, 4.69) is 9.71 Å². The molecule has 1 rings (SSSR count). The molecule has 1 aromatic heterocycles. The van der Waals surface area contributed by atoms with Crippen LogP contribution in [-0.4, -0.2) is 25.0 Å². The van der Waals surface area contributed by atoms with E-state index < -0.39 is 10.0 Å². The quantitative estimate of drug-likeness (QED) is 0.774. The molecule has 0 aliphatic carbocycles. The molecule has 7 heteroatoms. The normalized spacial score (nSPS) is 11.5. The third-order valence-corrected chi connectivity index (χ3v) is 2.85. The number of rotatable bonds is 4. The molecule has 0 atom stereocenters. The Morgan fingerprint density at radius 3 is 2.85 bits per heavy atom. The van der Waals surface area contributed by atoms with Crippen molar-refractivity contribution in [3.63, 3.8) is 0 Å². The van der Waals surface area contributed by atoms with Gasteiger partial charge in [0.25, 0.3) is 0 Å². The summed E-state index contributed by atoms with van der Waals surface area (Å²) in [5.41, 5.74) is 0.614. The maximum atomic E-state index is 11.1. The molecule has 1 aromatic rings. The van der Waals surface area contributed by atoms with Crippen LogP contribution >= 0.6 is 11.6 Å². The molecule has 0 aromatic carbocycles. The maximum absolute atomic E-state index is 11.1. The van der Waals surface area contributed by atoms with Crippen LogP contribution < -0.4 is 4.72 Å². The summed E-state index contributed by atoms with van der Waals surface area (Å²) in [5, 5.41) is 0. The van der Waals surface area contributed by atoms with Crippen molar-refractivity contribution in [2.75, 3.05) is 16.4 Å². The topological polar surface area (TPSA) is 72.2 Å². The van der Waals surface area contributed by atoms with Crippen molar-refractivity contribution in [2.45, 2.75) is 6.92 Å². The first-order valence-electron chi connectivity index (χ1n) is 3.52. The molecule has 0 aliphatic heterocycles. The zero-order valence-corrected chi connectivity index (χ0v) is 8.52. The van der Waals surface area contributed by atoms with E-state index in [1.54, 1.807) is 6.92 Å². The summed E-state index contributed by atoms with van der Waals surface area (Å²) < 4.78 is 29.2. The standard InChI is InChI=1S/C6H9ClN2O3S/c1-5-4-12-6(8-5)9-13(10,11)3-2-7/h4H,2-3H2,1H3,(H,8,9). The van der Waals surface area contributed by atoms with Crippen molar-refractivity contribution in [3.8, 4) is 0 Å². The maximum Gasteiger partial charge on any atom is 0.308 e. The minimum Gasteiger partial charge on any atom is -0.431 e. The van der Waals surface area contributed by atoms with E-state index in [1.165, 1.54) is 6.26 Å². The first-order chi connectivity index (χ1) is 6.03. The lowest BCUT2D eigenvalue weighted by molar-refractivity contribution is 0.570. The monoisotopic (exact) mass is 224 g/mol. The van der Waals surface area contributed by atoms with Gasteiger partial charge in [-0.3, -0.25) is 0 Å². The van der Waals surface area contributed by atoms with Gasteiger partial charge in [-0.25, -0.2) is 13.1 Å². The molecule has 13 heavy (non-hydrogen) atoms. The van der Waals surface area contributed by atoms with Gasteiger partial charge in [0, 0.05) is 5.88 Å². The minimum absolute atomic E-state index is 0.0254. The van der Waals surface area contributed by atoms with Gasteiger partial charge in [-0.05, 0) is 6.92 Å². The Balaban J connectivity index is 2.69. The molecular formula is C6H9ClN2O3S. The predicted octanol–water partition coefficient (Wildman–Crippen LogP) is 0.964. The van der Waals surface area contributed by atoms with Crippen molar-refractivity contribution in [3.05, 3.63) is 12.0 Å². The Bertz CT molecular complexity index is 373. The first kappa shape index (κ1) is 10.3. The van der Waals surface area contributed by atoms with Crippen molar-refractivity contribution in [2.24, 2.45) is 0 Å². The largest absolute Gasteiger partial charge is 0.431 e. The average Bonchev–Trinajstić information content (AvgIpc) is 2.34. The van der Waals surface area contributed by atoms with Crippen LogP contribution in [0.5, 0.6) is 0 Å². The van der Waals surface area contributed by atoms with E-state index in [1.807, 2.05) is 0 Å². The number of aromatic nitrogens is 1. The van der Waals surface area contributed by atoms with Crippen molar-refractivity contribution >= 4 is 27.6 Å². The number of aryl methyl sites for hydroxylation is 1. The van der Waals surface area contributed by atoms with Gasteiger partial charge in [0.2, 0.25) is 10.0 Å². The molecule has 1 heterocycles. The van der Waals surface area contributed by atoms with Gasteiger partial charge in [-0.1, -0.05) is 0 Å². The molecule has 0 saturated heterocycles. The second-order valence-electron chi connectivity index (χ2n) is 2.40. The second-order valence-corrected chi connectivity index (χ2v) is 4.62. The van der Waals surface area contributed by atoms with Gasteiger partial charge < -0.3 is 4.42 Å². The van der Waals surface area contributed by atoms with Gasteiger partial charge in [-0.2, -0.15) is 4.98 Å². The minimum atomic E-state index is -3.41. The highest BCUT2D eigenvalue weighted by atomic mass is 35.5. The van der Waals surface area contributed by atoms with Crippen LogP contribution in [0.15, 0.2) is 10.7 Å². The van der Waals surface area contributed by atoms with Gasteiger partial charge in [0.15, 0.2) is 0 Å². The van der Waals surface area contributed by atoms with Crippen LogP contribution in [0.2, 0.25) is 0 Å². The summed E-state index contributed by atoms with van der Waals surface area (Å²) in [6.07, 6.45) is 1.36. The van der Waals surface area contributed by atoms with Crippen LogP contribution in [0, 0.1) is 6.92 Å². The lowest BCUT2D eigenvalue weighted by atomic mass is 10.6. The van der Waals surface area contributed by atoms with Gasteiger partial charge in [-0.15, -0.1) is 11.6 Å². The summed E-state index contributed by atoms with van der Waals surface area (Å²) in [4.78, 5) is 3.78. The Hall–Kier alpha value is -0.750. The Morgan fingerprint density at radius 2 is 2.38 bits per heavy atom. The van der Waals surface area contributed by atoms with Gasteiger partial charge in [0.1, 0.15) is 6.26 Å². The number of nitrogens with zero attached hydrogens (tertiary/aromatic N) is 1. The van der Waals surface area contributed by atoms with E-state index in [4.69, 9.17) is 16.0 Å². The van der Waals surface area contributed by atoms with E-state index in [9.17, 15) is 8.42 Å². The summed E-state index contributed by atoms with van der Waals surface area (Å²) >= 11 is 5.29. The number of halogens is 1. The zero-order valence-electron chi connectivity index (χ0n) is 6.95. The van der Waals surface area contributed by atoms with Crippen LogP contribution in [0.1, 0.15) is 5.69 Å². The number of alkyl halides is 1. The summed E-state index contributed by atoms with van der Waals surface area (Å²) in [5.74, 6) is -0.120. The smallest absolute Gasteiger partial charge is 0.308 e. The molecule has 0 fully saturated rings. The highest BCUT2D eigenvalue weighted by molar-refractivity contribution is 7.92. The third-order valence-electron chi connectivity index (χ3n) is 1.21. The van der Waals surface area contributed by atoms with Gasteiger partial charge >= 0.3 is 6.01 Å². The first-order valence-corrected chi connectivity index (χ1v) is 5.71. The Labute approximate surface area is 81.2 Å². The average molecular weight is 225 g/mol. The number of nitrogens with one attached hydrogen (secondary N) is 1. The van der Waals surface area contributed by atoms with Crippen molar-refractivity contribution in [1.82, 2.24) is 4.98 Å². The number of anilines is 1. The fourth-order valence-corrected chi connectivity index (χ4v) is 1.96. The molecule has 0 spiro atoms. The SMILES string of the molecule is Cc1coc(NS(=O)(=O)CCCl)n1. The fraction of sp³-hybridized carbons (Fsp3) is 0.500. The molecule has 0 aliphatic rings. The van der Waals surface area contributed by atoms with Crippen molar-refractivity contribution in [1.29, 1.82) is 0 Å². The molecular weight excluding hydrogens is 216 g/mol. The molecule has 0 radical (unpaired) electrons. The molecule has 0 unspecified atom stereocenters. The predicted molar refractivity (Wildman–Crippen MR) is 49.4 cm³/mol. The van der Waals surface area contributed by atoms with Crippen molar-refractivity contribution < 1.29 is 12.8 Å². The highest BCUT2D eigenvalue weighted by Gasteiger charge is 2.12. The Morgan fingerprint density at radius 1 is 1.69 bits per heavy atom.